The summed E-state index contributed by atoms with van der Waals surface area (Å²) in [5.41, 5.74) is 2.87. The molecule has 3 rings (SSSR count). The summed E-state index contributed by atoms with van der Waals surface area (Å²) in [6.45, 7) is 3.87. The van der Waals surface area contributed by atoms with Gasteiger partial charge in [0.15, 0.2) is 0 Å². The molecule has 2 aromatic rings. The molecule has 1 aliphatic heterocycles. The summed E-state index contributed by atoms with van der Waals surface area (Å²) in [4.78, 5) is 37.5. The molecule has 29 heavy (non-hydrogen) atoms. The number of esters is 1. The zero-order valence-electron chi connectivity index (χ0n) is 16.2. The number of ether oxygens (including phenoxy) is 2. The zero-order chi connectivity index (χ0) is 20.8. The van der Waals surface area contributed by atoms with Crippen molar-refractivity contribution in [3.63, 3.8) is 0 Å². The standard InChI is InChI=1S/C22H21NO5S/c1-3-27-20(24)13-23-21(25)19(29-22(23)26)12-17-9-4-5-10-18(17)28-14-16-8-6-7-15(2)11-16/h4-12H,3,13-14H2,1-2H3/b19-12+. The minimum atomic E-state index is -0.613. The van der Waals surface area contributed by atoms with E-state index in [1.807, 2.05) is 55.5 Å². The number of imide groups is 1. The van der Waals surface area contributed by atoms with Gasteiger partial charge in [-0.15, -0.1) is 0 Å². The van der Waals surface area contributed by atoms with Crippen LogP contribution in [-0.4, -0.2) is 35.2 Å². The molecule has 1 fully saturated rings. The van der Waals surface area contributed by atoms with Crippen molar-refractivity contribution in [3.05, 3.63) is 70.1 Å². The van der Waals surface area contributed by atoms with Crippen LogP contribution in [0, 0.1) is 6.92 Å². The molecule has 2 amide bonds. The van der Waals surface area contributed by atoms with Gasteiger partial charge in [-0.25, -0.2) is 0 Å². The molecule has 0 aliphatic carbocycles. The Morgan fingerprint density at radius 3 is 2.69 bits per heavy atom. The molecule has 0 unspecified atom stereocenters. The molecule has 1 aliphatic rings. The molecule has 0 bridgehead atoms. The monoisotopic (exact) mass is 411 g/mol. The van der Waals surface area contributed by atoms with Crippen molar-refractivity contribution in [2.75, 3.05) is 13.2 Å². The van der Waals surface area contributed by atoms with E-state index in [2.05, 4.69) is 0 Å². The van der Waals surface area contributed by atoms with Gasteiger partial charge in [-0.05, 0) is 43.3 Å². The molecule has 0 atom stereocenters. The van der Waals surface area contributed by atoms with E-state index in [9.17, 15) is 14.4 Å². The fourth-order valence-electron chi connectivity index (χ4n) is 2.81. The lowest BCUT2D eigenvalue weighted by molar-refractivity contribution is -0.145. The Hall–Kier alpha value is -3.06. The molecule has 150 valence electrons. The summed E-state index contributed by atoms with van der Waals surface area (Å²) < 4.78 is 10.8. The van der Waals surface area contributed by atoms with Crippen molar-refractivity contribution in [1.82, 2.24) is 4.90 Å². The number of para-hydroxylation sites is 1. The van der Waals surface area contributed by atoms with Crippen molar-refractivity contribution in [1.29, 1.82) is 0 Å². The molecule has 1 saturated heterocycles. The summed E-state index contributed by atoms with van der Waals surface area (Å²) in [7, 11) is 0. The van der Waals surface area contributed by atoms with Gasteiger partial charge in [-0.3, -0.25) is 19.3 Å². The number of hydrogen-bond acceptors (Lipinski definition) is 6. The first-order valence-corrected chi connectivity index (χ1v) is 9.98. The predicted octanol–water partition coefficient (Wildman–Crippen LogP) is 4.17. The maximum atomic E-state index is 12.6. The predicted molar refractivity (Wildman–Crippen MR) is 111 cm³/mol. The number of aryl methyl sites for hydroxylation is 1. The van der Waals surface area contributed by atoms with Crippen LogP contribution in [0.25, 0.3) is 6.08 Å². The Balaban J connectivity index is 1.76. The maximum Gasteiger partial charge on any atom is 0.326 e. The molecule has 6 nitrogen and oxygen atoms in total. The molecule has 0 N–H and O–H groups in total. The highest BCUT2D eigenvalue weighted by atomic mass is 32.2. The first-order valence-electron chi connectivity index (χ1n) is 9.16. The Labute approximate surface area is 173 Å². The average Bonchev–Trinajstić information content (AvgIpc) is 2.95. The Kier molecular flexibility index (Phi) is 6.72. The molecule has 0 aromatic heterocycles. The summed E-state index contributed by atoms with van der Waals surface area (Å²) >= 11 is 0.797. The van der Waals surface area contributed by atoms with Gasteiger partial charge in [0.1, 0.15) is 18.9 Å². The molecule has 0 radical (unpaired) electrons. The quantitative estimate of drug-likeness (QED) is 0.503. The van der Waals surface area contributed by atoms with Gasteiger partial charge >= 0.3 is 5.97 Å². The van der Waals surface area contributed by atoms with Gasteiger partial charge in [0.2, 0.25) is 0 Å². The third-order valence-electron chi connectivity index (χ3n) is 4.15. The third kappa shape index (κ3) is 5.26. The van der Waals surface area contributed by atoms with Gasteiger partial charge in [-0.1, -0.05) is 48.0 Å². The van der Waals surface area contributed by atoms with Crippen LogP contribution in [0.1, 0.15) is 23.6 Å². The SMILES string of the molecule is CCOC(=O)CN1C(=O)S/C(=C/c2ccccc2OCc2cccc(C)c2)C1=O. The first kappa shape index (κ1) is 20.7. The Morgan fingerprint density at radius 2 is 1.93 bits per heavy atom. The van der Waals surface area contributed by atoms with E-state index in [1.165, 1.54) is 0 Å². The van der Waals surface area contributed by atoms with Crippen molar-refractivity contribution < 1.29 is 23.9 Å². The van der Waals surface area contributed by atoms with Gasteiger partial charge < -0.3 is 9.47 Å². The fraction of sp³-hybridized carbons (Fsp3) is 0.227. The van der Waals surface area contributed by atoms with Crippen molar-refractivity contribution in [3.8, 4) is 5.75 Å². The number of amides is 2. The average molecular weight is 411 g/mol. The fourth-order valence-corrected chi connectivity index (χ4v) is 3.64. The van der Waals surface area contributed by atoms with Gasteiger partial charge in [0, 0.05) is 5.56 Å². The normalized spacial score (nSPS) is 15.1. The van der Waals surface area contributed by atoms with Crippen LogP contribution < -0.4 is 4.74 Å². The second kappa shape index (κ2) is 9.43. The lowest BCUT2D eigenvalue weighted by Crippen LogP contribution is -2.34. The number of nitrogens with zero attached hydrogens (tertiary/aromatic N) is 1. The summed E-state index contributed by atoms with van der Waals surface area (Å²) in [6, 6.07) is 15.3. The minimum absolute atomic E-state index is 0.191. The second-order valence-electron chi connectivity index (χ2n) is 6.39. The van der Waals surface area contributed by atoms with Crippen LogP contribution in [0.15, 0.2) is 53.4 Å². The summed E-state index contributed by atoms with van der Waals surface area (Å²) in [6.07, 6.45) is 1.61. The molecule has 0 saturated carbocycles. The molecule has 1 heterocycles. The van der Waals surface area contributed by atoms with Crippen LogP contribution in [-0.2, 0) is 20.9 Å². The van der Waals surface area contributed by atoms with E-state index < -0.39 is 17.1 Å². The highest BCUT2D eigenvalue weighted by Gasteiger charge is 2.36. The van der Waals surface area contributed by atoms with E-state index in [1.54, 1.807) is 13.0 Å². The smallest absolute Gasteiger partial charge is 0.326 e. The van der Waals surface area contributed by atoms with E-state index in [-0.39, 0.29) is 18.1 Å². The van der Waals surface area contributed by atoms with E-state index in [0.29, 0.717) is 17.9 Å². The topological polar surface area (TPSA) is 72.9 Å². The molecule has 0 spiro atoms. The minimum Gasteiger partial charge on any atom is -0.488 e. The molecular weight excluding hydrogens is 390 g/mol. The highest BCUT2D eigenvalue weighted by molar-refractivity contribution is 8.18. The Morgan fingerprint density at radius 1 is 1.14 bits per heavy atom. The van der Waals surface area contributed by atoms with Crippen LogP contribution in [0.4, 0.5) is 4.79 Å². The summed E-state index contributed by atoms with van der Waals surface area (Å²) in [5, 5.41) is -0.493. The van der Waals surface area contributed by atoms with Crippen molar-refractivity contribution in [2.45, 2.75) is 20.5 Å². The van der Waals surface area contributed by atoms with E-state index in [0.717, 1.165) is 27.8 Å². The van der Waals surface area contributed by atoms with Crippen LogP contribution in [0.3, 0.4) is 0 Å². The van der Waals surface area contributed by atoms with E-state index >= 15 is 0 Å². The number of carbonyl (C=O) groups excluding carboxylic acids is 3. The number of rotatable bonds is 7. The van der Waals surface area contributed by atoms with Crippen molar-refractivity contribution in [2.24, 2.45) is 0 Å². The lowest BCUT2D eigenvalue weighted by Gasteiger charge is -2.11. The van der Waals surface area contributed by atoms with Crippen LogP contribution >= 0.6 is 11.8 Å². The number of benzene rings is 2. The Bertz CT molecular complexity index is 969. The zero-order valence-corrected chi connectivity index (χ0v) is 17.0. The number of hydrogen-bond donors (Lipinski definition) is 0. The van der Waals surface area contributed by atoms with Gasteiger partial charge in [-0.2, -0.15) is 0 Å². The lowest BCUT2D eigenvalue weighted by atomic mass is 10.1. The number of thioether (sulfide) groups is 1. The van der Waals surface area contributed by atoms with E-state index in [4.69, 9.17) is 9.47 Å². The molecule has 7 heteroatoms. The third-order valence-corrected chi connectivity index (χ3v) is 5.06. The van der Waals surface area contributed by atoms with Crippen molar-refractivity contribution >= 4 is 35.0 Å². The largest absolute Gasteiger partial charge is 0.488 e. The molecule has 2 aromatic carbocycles. The van der Waals surface area contributed by atoms with Gasteiger partial charge in [0.25, 0.3) is 11.1 Å². The van der Waals surface area contributed by atoms with Crippen LogP contribution in [0.2, 0.25) is 0 Å². The molecular formula is C22H21NO5S. The van der Waals surface area contributed by atoms with Gasteiger partial charge in [0.05, 0.1) is 11.5 Å². The van der Waals surface area contributed by atoms with Crippen LogP contribution in [0.5, 0.6) is 5.75 Å². The second-order valence-corrected chi connectivity index (χ2v) is 7.38. The highest BCUT2D eigenvalue weighted by Crippen LogP contribution is 2.34. The number of carbonyl (C=O) groups is 3. The maximum absolute atomic E-state index is 12.6. The summed E-state index contributed by atoms with van der Waals surface area (Å²) in [5.74, 6) is -0.523. The first-order chi connectivity index (χ1) is 14.0.